The van der Waals surface area contributed by atoms with E-state index in [0.29, 0.717) is 0 Å². The van der Waals surface area contributed by atoms with Gasteiger partial charge < -0.3 is 0 Å². The van der Waals surface area contributed by atoms with Crippen molar-refractivity contribution in [1.29, 1.82) is 0 Å². The Morgan fingerprint density at radius 2 is 0.878 bits per heavy atom. The van der Waals surface area contributed by atoms with Crippen LogP contribution in [-0.4, -0.2) is 0 Å². The summed E-state index contributed by atoms with van der Waals surface area (Å²) in [5.74, 6) is 0. The van der Waals surface area contributed by atoms with Crippen molar-refractivity contribution in [3.63, 3.8) is 0 Å². The van der Waals surface area contributed by atoms with Gasteiger partial charge in [0.15, 0.2) is 0 Å². The van der Waals surface area contributed by atoms with Crippen LogP contribution in [0.1, 0.15) is 25.0 Å². The Morgan fingerprint density at radius 3 is 1.63 bits per heavy atom. The molecule has 0 nitrogen and oxygen atoms in total. The quantitative estimate of drug-likeness (QED) is 0.136. The van der Waals surface area contributed by atoms with Crippen LogP contribution in [0, 0.1) is 0 Å². The molecule has 0 spiro atoms. The first-order chi connectivity index (χ1) is 24.0. The molecule has 0 radical (unpaired) electrons. The van der Waals surface area contributed by atoms with E-state index >= 15 is 0 Å². The summed E-state index contributed by atoms with van der Waals surface area (Å²) >= 11 is 0. The summed E-state index contributed by atoms with van der Waals surface area (Å²) in [4.78, 5) is 0. The van der Waals surface area contributed by atoms with Gasteiger partial charge in [0.25, 0.3) is 0 Å². The molecule has 0 N–H and O–H groups in total. The van der Waals surface area contributed by atoms with E-state index in [1.165, 1.54) is 98.7 Å². The third-order valence-electron chi connectivity index (χ3n) is 11.0. The van der Waals surface area contributed by atoms with Crippen molar-refractivity contribution in [2.45, 2.75) is 19.3 Å². The van der Waals surface area contributed by atoms with Crippen LogP contribution in [0.2, 0.25) is 0 Å². The van der Waals surface area contributed by atoms with Gasteiger partial charge in [-0.05, 0) is 135 Å². The maximum atomic E-state index is 2.43. The first-order valence-corrected chi connectivity index (χ1v) is 17.3. The number of hydrogen-bond donors (Lipinski definition) is 0. The molecule has 0 heterocycles. The minimum atomic E-state index is -0.0663. The largest absolute Gasteiger partial charge is 0.0616 e. The minimum Gasteiger partial charge on any atom is -0.0616 e. The molecule has 0 bridgehead atoms. The van der Waals surface area contributed by atoms with Gasteiger partial charge in [-0.25, -0.2) is 0 Å². The first kappa shape index (κ1) is 28.1. The number of benzene rings is 9. The molecule has 0 amide bonds. The van der Waals surface area contributed by atoms with E-state index in [1.807, 2.05) is 0 Å². The van der Waals surface area contributed by atoms with Crippen LogP contribution < -0.4 is 0 Å². The van der Waals surface area contributed by atoms with Crippen LogP contribution in [-0.2, 0) is 5.41 Å². The summed E-state index contributed by atoms with van der Waals surface area (Å²) < 4.78 is 0. The van der Waals surface area contributed by atoms with E-state index in [4.69, 9.17) is 0 Å². The van der Waals surface area contributed by atoms with Crippen molar-refractivity contribution >= 4 is 43.1 Å². The summed E-state index contributed by atoms with van der Waals surface area (Å²) in [6.45, 7) is 4.75. The molecule has 1 aliphatic carbocycles. The highest BCUT2D eigenvalue weighted by atomic mass is 14.4. The summed E-state index contributed by atoms with van der Waals surface area (Å²) in [6, 6.07) is 63.2. The van der Waals surface area contributed by atoms with E-state index in [-0.39, 0.29) is 5.41 Å². The second kappa shape index (κ2) is 10.5. The molecule has 9 aromatic rings. The fourth-order valence-electron chi connectivity index (χ4n) is 8.46. The molecule has 0 saturated carbocycles. The summed E-state index contributed by atoms with van der Waals surface area (Å²) in [5.41, 5.74) is 13.0. The lowest BCUT2D eigenvalue weighted by Gasteiger charge is -2.22. The van der Waals surface area contributed by atoms with Crippen molar-refractivity contribution < 1.29 is 0 Å². The summed E-state index contributed by atoms with van der Waals surface area (Å²) in [6.07, 6.45) is 0. The van der Waals surface area contributed by atoms with Crippen LogP contribution in [0.5, 0.6) is 0 Å². The zero-order valence-corrected chi connectivity index (χ0v) is 27.7. The second-order valence-corrected chi connectivity index (χ2v) is 14.1. The van der Waals surface area contributed by atoms with Gasteiger partial charge in [-0.1, -0.05) is 147 Å². The van der Waals surface area contributed by atoms with Crippen LogP contribution >= 0.6 is 0 Å². The molecule has 0 aromatic heterocycles. The fourth-order valence-corrected chi connectivity index (χ4v) is 8.46. The zero-order valence-electron chi connectivity index (χ0n) is 27.7. The molecular weight excluding hydrogens is 589 g/mol. The summed E-state index contributed by atoms with van der Waals surface area (Å²) in [7, 11) is 0. The van der Waals surface area contributed by atoms with Crippen LogP contribution in [0.3, 0.4) is 0 Å². The smallest absolute Gasteiger partial charge is 0.0159 e. The van der Waals surface area contributed by atoms with Crippen molar-refractivity contribution in [1.82, 2.24) is 0 Å². The van der Waals surface area contributed by atoms with Crippen LogP contribution in [0.25, 0.3) is 87.6 Å². The van der Waals surface area contributed by atoms with Gasteiger partial charge in [-0.15, -0.1) is 0 Å². The monoisotopic (exact) mass is 622 g/mol. The van der Waals surface area contributed by atoms with Gasteiger partial charge in [0.2, 0.25) is 0 Å². The normalized spacial score (nSPS) is 13.3. The Balaban J connectivity index is 1.08. The Labute approximate surface area is 286 Å². The molecule has 0 aliphatic heterocycles. The lowest BCUT2D eigenvalue weighted by molar-refractivity contribution is 0.661. The molecule has 0 heteroatoms. The highest BCUT2D eigenvalue weighted by molar-refractivity contribution is 6.20. The zero-order chi connectivity index (χ0) is 32.7. The predicted octanol–water partition coefficient (Wildman–Crippen LogP) is 13.6. The first-order valence-electron chi connectivity index (χ1n) is 17.3. The molecule has 1 aliphatic rings. The molecule has 0 unspecified atom stereocenters. The third-order valence-corrected chi connectivity index (χ3v) is 11.0. The molecule has 49 heavy (non-hydrogen) atoms. The molecule has 230 valence electrons. The average molecular weight is 623 g/mol. The van der Waals surface area contributed by atoms with Crippen LogP contribution in [0.15, 0.2) is 170 Å². The molecule has 0 fully saturated rings. The van der Waals surface area contributed by atoms with Crippen molar-refractivity contribution in [2.24, 2.45) is 0 Å². The molecule has 0 atom stereocenters. The van der Waals surface area contributed by atoms with Crippen molar-refractivity contribution in [3.05, 3.63) is 181 Å². The van der Waals surface area contributed by atoms with E-state index in [0.717, 1.165) is 0 Å². The van der Waals surface area contributed by atoms with Crippen molar-refractivity contribution in [3.8, 4) is 44.5 Å². The van der Waals surface area contributed by atoms with Gasteiger partial charge in [-0.2, -0.15) is 0 Å². The number of fused-ring (bicyclic) bond motifs is 8. The van der Waals surface area contributed by atoms with Gasteiger partial charge in [0, 0.05) is 5.41 Å². The lowest BCUT2D eigenvalue weighted by Crippen LogP contribution is -2.15. The predicted molar refractivity (Wildman–Crippen MR) is 210 cm³/mol. The van der Waals surface area contributed by atoms with Gasteiger partial charge in [0.1, 0.15) is 0 Å². The van der Waals surface area contributed by atoms with Crippen molar-refractivity contribution in [2.75, 3.05) is 0 Å². The van der Waals surface area contributed by atoms with E-state index in [2.05, 4.69) is 184 Å². The Bertz CT molecular complexity index is 2800. The molecule has 10 rings (SSSR count). The van der Waals surface area contributed by atoms with Gasteiger partial charge >= 0.3 is 0 Å². The Kier molecular flexibility index (Phi) is 6.02. The summed E-state index contributed by atoms with van der Waals surface area (Å²) in [5, 5.41) is 10.3. The maximum absolute atomic E-state index is 2.43. The molecule has 0 saturated heterocycles. The SMILES string of the molecule is CC1(C)c2cc(-c3cccc(-c4cccc(-c5c6ccccc6cc6c5ccc5ccccc56)c4)c3)ccc2-c2cc3ccccc3cc21. The van der Waals surface area contributed by atoms with Crippen LogP contribution in [0.4, 0.5) is 0 Å². The second-order valence-electron chi connectivity index (χ2n) is 14.1. The van der Waals surface area contributed by atoms with Gasteiger partial charge in [0.05, 0.1) is 0 Å². The highest BCUT2D eigenvalue weighted by Crippen LogP contribution is 2.51. The average Bonchev–Trinajstić information content (AvgIpc) is 3.37. The van der Waals surface area contributed by atoms with Gasteiger partial charge in [-0.3, -0.25) is 0 Å². The standard InChI is InChI=1S/C49H34/c1-49(2)46-30-37(22-23-42(46)45-27-35-12-3-4-13-36(35)29-47(45)49)33-16-9-15-32(25-33)34-17-10-18-39(26-34)48-41-20-8-6-14-38(41)28-44-40-19-7-5-11-31(40)21-24-43(44)48/h3-30H,1-2H3. The maximum Gasteiger partial charge on any atom is 0.0159 e. The van der Waals surface area contributed by atoms with E-state index in [9.17, 15) is 0 Å². The van der Waals surface area contributed by atoms with E-state index < -0.39 is 0 Å². The molecule has 9 aromatic carbocycles. The number of rotatable bonds is 3. The lowest BCUT2D eigenvalue weighted by atomic mass is 9.81. The Hall–Kier alpha value is -5.98. The third kappa shape index (κ3) is 4.31. The Morgan fingerprint density at radius 1 is 0.306 bits per heavy atom. The fraction of sp³-hybridized carbons (Fsp3) is 0.0612. The number of hydrogen-bond acceptors (Lipinski definition) is 0. The minimum absolute atomic E-state index is 0.0663. The topological polar surface area (TPSA) is 0 Å². The highest BCUT2D eigenvalue weighted by Gasteiger charge is 2.35. The molecular formula is C49H34. The van der Waals surface area contributed by atoms with E-state index in [1.54, 1.807) is 0 Å².